The fourth-order valence-electron chi connectivity index (χ4n) is 4.31. The van der Waals surface area contributed by atoms with Crippen LogP contribution in [-0.4, -0.2) is 59.2 Å². The molecule has 0 bridgehead atoms. The molecule has 0 aliphatic carbocycles. The highest BCUT2D eigenvalue weighted by Gasteiger charge is 2.26. The first-order valence-corrected chi connectivity index (χ1v) is 11.9. The number of halogens is 2. The van der Waals surface area contributed by atoms with Crippen LogP contribution in [-0.2, 0) is 11.3 Å². The van der Waals surface area contributed by atoms with Crippen molar-refractivity contribution in [1.29, 1.82) is 0 Å². The molecule has 0 radical (unpaired) electrons. The van der Waals surface area contributed by atoms with Crippen LogP contribution in [0.5, 0.6) is 5.75 Å². The third-order valence-electron chi connectivity index (χ3n) is 6.22. The number of carbonyl (C=O) groups is 1. The van der Waals surface area contributed by atoms with Gasteiger partial charge in [0, 0.05) is 26.2 Å². The molecule has 0 unspecified atom stereocenters. The van der Waals surface area contributed by atoms with Gasteiger partial charge in [-0.05, 0) is 23.8 Å². The zero-order chi connectivity index (χ0) is 26.6. The van der Waals surface area contributed by atoms with Crippen LogP contribution in [0.15, 0.2) is 54.6 Å². The fraction of sp³-hybridized carbons (Fsp3) is 0.231. The molecule has 0 saturated carbocycles. The number of nitrogens with two attached hydrogens (primary N) is 1. The van der Waals surface area contributed by atoms with Crippen molar-refractivity contribution in [2.24, 2.45) is 5.84 Å². The number of benzene rings is 2. The molecule has 12 heteroatoms. The number of hydrazine groups is 1. The van der Waals surface area contributed by atoms with Crippen LogP contribution in [0.4, 0.5) is 25.3 Å². The first kappa shape index (κ1) is 25.1. The molecular weight excluding hydrogens is 496 g/mol. The predicted octanol–water partition coefficient (Wildman–Crippen LogP) is 3.72. The zero-order valence-corrected chi connectivity index (χ0v) is 20.5. The Balaban J connectivity index is 1.40. The van der Waals surface area contributed by atoms with Gasteiger partial charge < -0.3 is 19.3 Å². The minimum absolute atomic E-state index is 0.0581. The molecule has 2 aromatic heterocycles. The largest absolute Gasteiger partial charge is 0.496 e. The van der Waals surface area contributed by atoms with Gasteiger partial charge in [-0.2, -0.15) is 9.97 Å². The Morgan fingerprint density at radius 3 is 2.47 bits per heavy atom. The lowest BCUT2D eigenvalue weighted by molar-refractivity contribution is 0.0941. The highest BCUT2D eigenvalue weighted by Crippen LogP contribution is 2.35. The van der Waals surface area contributed by atoms with Crippen LogP contribution in [0.2, 0.25) is 0 Å². The molecule has 1 aliphatic rings. The minimum Gasteiger partial charge on any atom is -0.496 e. The summed E-state index contributed by atoms with van der Waals surface area (Å²) in [6, 6.07) is 14.8. The van der Waals surface area contributed by atoms with Gasteiger partial charge in [0.2, 0.25) is 5.95 Å². The van der Waals surface area contributed by atoms with Crippen molar-refractivity contribution in [2.45, 2.75) is 6.61 Å². The maximum atomic E-state index is 15.4. The van der Waals surface area contributed by atoms with Gasteiger partial charge in [0.25, 0.3) is 0 Å². The number of pyridine rings is 1. The second-order valence-corrected chi connectivity index (χ2v) is 8.54. The van der Waals surface area contributed by atoms with Crippen LogP contribution >= 0.6 is 0 Å². The quantitative estimate of drug-likeness (QED) is 0.289. The van der Waals surface area contributed by atoms with Gasteiger partial charge in [-0.15, -0.1) is 0 Å². The molecule has 1 fully saturated rings. The van der Waals surface area contributed by atoms with Crippen LogP contribution in [0, 0.1) is 11.6 Å². The molecule has 3 heterocycles. The number of nitrogen functional groups attached to an aromatic ring is 1. The van der Waals surface area contributed by atoms with E-state index < -0.39 is 17.7 Å². The molecule has 1 amide bonds. The Labute approximate surface area is 217 Å². The standard InChI is InChI=1S/C26H25F2N7O3/c1-37-20-9-5-8-18(27)21(20)22-19(28)14-17-23(30-22)31-25(33-29)32-24(17)34-10-12-35(13-11-34)26(36)38-15-16-6-3-2-4-7-16/h2-9,14H,10-13,15,29H2,1H3,(H,30,31,32,33). The summed E-state index contributed by atoms with van der Waals surface area (Å²) in [5.74, 6) is 4.72. The van der Waals surface area contributed by atoms with Crippen LogP contribution < -0.4 is 20.9 Å². The highest BCUT2D eigenvalue weighted by atomic mass is 19.1. The number of piperazine rings is 1. The normalized spacial score (nSPS) is 13.5. The molecule has 1 aliphatic heterocycles. The summed E-state index contributed by atoms with van der Waals surface area (Å²) in [5.41, 5.74) is 3.06. The lowest BCUT2D eigenvalue weighted by Crippen LogP contribution is -2.49. The van der Waals surface area contributed by atoms with Crippen molar-refractivity contribution in [3.8, 4) is 17.0 Å². The van der Waals surface area contributed by atoms with Gasteiger partial charge in [0.1, 0.15) is 29.7 Å². The Kier molecular flexibility index (Phi) is 7.13. The number of nitrogens with one attached hydrogen (secondary N) is 1. The van der Waals surface area contributed by atoms with Crippen molar-refractivity contribution in [1.82, 2.24) is 19.9 Å². The zero-order valence-electron chi connectivity index (χ0n) is 20.5. The van der Waals surface area contributed by atoms with Gasteiger partial charge >= 0.3 is 6.09 Å². The summed E-state index contributed by atoms with van der Waals surface area (Å²) in [7, 11) is 1.37. The van der Waals surface area contributed by atoms with Crippen LogP contribution in [0.25, 0.3) is 22.3 Å². The van der Waals surface area contributed by atoms with Gasteiger partial charge in [-0.1, -0.05) is 36.4 Å². The van der Waals surface area contributed by atoms with E-state index in [1.54, 1.807) is 4.90 Å². The summed E-state index contributed by atoms with van der Waals surface area (Å²) in [5, 5.41) is 0.320. The number of methoxy groups -OCH3 is 1. The molecule has 10 nitrogen and oxygen atoms in total. The number of carbonyl (C=O) groups excluding carboxylic acids is 1. The molecule has 4 aromatic rings. The number of aromatic nitrogens is 3. The number of amides is 1. The number of nitrogens with zero attached hydrogens (tertiary/aromatic N) is 5. The van der Waals surface area contributed by atoms with E-state index in [0.29, 0.717) is 37.4 Å². The van der Waals surface area contributed by atoms with Crippen molar-refractivity contribution < 1.29 is 23.0 Å². The molecule has 0 atom stereocenters. The topological polar surface area (TPSA) is 119 Å². The monoisotopic (exact) mass is 521 g/mol. The van der Waals surface area contributed by atoms with Crippen molar-refractivity contribution in [3.05, 3.63) is 71.8 Å². The first-order chi connectivity index (χ1) is 18.5. The van der Waals surface area contributed by atoms with E-state index in [1.807, 2.05) is 35.2 Å². The maximum absolute atomic E-state index is 15.4. The van der Waals surface area contributed by atoms with E-state index in [0.717, 1.165) is 5.56 Å². The van der Waals surface area contributed by atoms with Crippen molar-refractivity contribution in [3.63, 3.8) is 0 Å². The number of ether oxygens (including phenoxy) is 2. The van der Waals surface area contributed by atoms with E-state index in [9.17, 15) is 9.18 Å². The van der Waals surface area contributed by atoms with Gasteiger partial charge in [-0.25, -0.2) is 24.4 Å². The number of hydrogen-bond acceptors (Lipinski definition) is 9. The third kappa shape index (κ3) is 4.98. The number of anilines is 2. The van der Waals surface area contributed by atoms with Crippen molar-refractivity contribution in [2.75, 3.05) is 43.6 Å². The lowest BCUT2D eigenvalue weighted by atomic mass is 10.1. The van der Waals surface area contributed by atoms with Gasteiger partial charge in [0.15, 0.2) is 11.5 Å². The van der Waals surface area contributed by atoms with E-state index >= 15 is 4.39 Å². The Bertz CT molecular complexity index is 1460. The van der Waals surface area contributed by atoms with Gasteiger partial charge in [-0.3, -0.25) is 5.43 Å². The molecule has 196 valence electrons. The van der Waals surface area contributed by atoms with Crippen LogP contribution in [0.1, 0.15) is 5.56 Å². The SMILES string of the molecule is COc1cccc(F)c1-c1nc2nc(NN)nc(N3CCN(C(=O)OCc4ccccc4)CC3)c2cc1F. The van der Waals surface area contributed by atoms with E-state index in [1.165, 1.54) is 31.4 Å². The van der Waals surface area contributed by atoms with E-state index in [4.69, 9.17) is 15.3 Å². The molecular formula is C26H25F2N7O3. The molecule has 38 heavy (non-hydrogen) atoms. The Morgan fingerprint density at radius 1 is 1.00 bits per heavy atom. The second-order valence-electron chi connectivity index (χ2n) is 8.54. The van der Waals surface area contributed by atoms with E-state index in [2.05, 4.69) is 20.4 Å². The first-order valence-electron chi connectivity index (χ1n) is 11.9. The summed E-state index contributed by atoms with van der Waals surface area (Å²) < 4.78 is 40.7. The fourth-order valence-corrected chi connectivity index (χ4v) is 4.31. The average molecular weight is 522 g/mol. The molecule has 2 aromatic carbocycles. The van der Waals surface area contributed by atoms with Crippen molar-refractivity contribution >= 4 is 28.9 Å². The summed E-state index contributed by atoms with van der Waals surface area (Å²) >= 11 is 0. The molecule has 1 saturated heterocycles. The summed E-state index contributed by atoms with van der Waals surface area (Å²) in [6.45, 7) is 1.72. The predicted molar refractivity (Wildman–Crippen MR) is 137 cm³/mol. The van der Waals surface area contributed by atoms with Gasteiger partial charge in [0.05, 0.1) is 18.1 Å². The number of rotatable bonds is 6. The van der Waals surface area contributed by atoms with Crippen LogP contribution in [0.3, 0.4) is 0 Å². The molecule has 5 rings (SSSR count). The highest BCUT2D eigenvalue weighted by molar-refractivity contribution is 5.90. The maximum Gasteiger partial charge on any atom is 0.410 e. The number of hydrogen-bond donors (Lipinski definition) is 2. The summed E-state index contributed by atoms with van der Waals surface area (Å²) in [6.07, 6.45) is -0.415. The second kappa shape index (κ2) is 10.8. The molecule has 3 N–H and O–H groups in total. The number of fused-ring (bicyclic) bond motifs is 1. The smallest absolute Gasteiger partial charge is 0.410 e. The average Bonchev–Trinajstić information content (AvgIpc) is 2.95. The molecule has 0 spiro atoms. The minimum atomic E-state index is -0.762. The summed E-state index contributed by atoms with van der Waals surface area (Å²) in [4.78, 5) is 29.0. The Hall–Kier alpha value is -4.58. The Morgan fingerprint density at radius 2 is 1.76 bits per heavy atom. The third-order valence-corrected chi connectivity index (χ3v) is 6.22. The van der Waals surface area contributed by atoms with E-state index in [-0.39, 0.29) is 35.2 Å². The lowest BCUT2D eigenvalue weighted by Gasteiger charge is -2.35.